The lowest BCUT2D eigenvalue weighted by atomic mass is 10.1. The first-order valence-electron chi connectivity index (χ1n) is 6.97. The highest BCUT2D eigenvalue weighted by atomic mass is 15.2. The summed E-state index contributed by atoms with van der Waals surface area (Å²) in [7, 11) is 3.95. The summed E-state index contributed by atoms with van der Waals surface area (Å²) in [5.41, 5.74) is 2.36. The topological polar surface area (TPSA) is 47.7 Å². The molecule has 0 bridgehead atoms. The van der Waals surface area contributed by atoms with E-state index < -0.39 is 0 Å². The van der Waals surface area contributed by atoms with E-state index in [1.165, 1.54) is 5.56 Å². The Morgan fingerprint density at radius 3 is 2.62 bits per heavy atom. The first-order chi connectivity index (χ1) is 10.2. The molecule has 0 fully saturated rings. The number of imidazole rings is 1. The molecule has 1 aromatic carbocycles. The molecule has 21 heavy (non-hydrogen) atoms. The number of nitrogens with zero attached hydrogens (tertiary/aromatic N) is 4. The Morgan fingerprint density at radius 1 is 1.19 bits per heavy atom. The third kappa shape index (κ3) is 3.03. The summed E-state index contributed by atoms with van der Waals surface area (Å²) in [6.45, 7) is 0.750. The molecule has 5 nitrogen and oxygen atoms in total. The zero-order chi connectivity index (χ0) is 14.7. The number of benzene rings is 1. The van der Waals surface area contributed by atoms with Gasteiger partial charge in [-0.2, -0.15) is 5.10 Å². The summed E-state index contributed by atoms with van der Waals surface area (Å²) in [5.74, 6) is 1.00. The Hall–Kier alpha value is -2.40. The molecule has 0 saturated carbocycles. The highest BCUT2D eigenvalue weighted by Gasteiger charge is 2.17. The third-order valence-electron chi connectivity index (χ3n) is 3.52. The lowest BCUT2D eigenvalue weighted by Gasteiger charge is -2.18. The van der Waals surface area contributed by atoms with E-state index in [4.69, 9.17) is 0 Å². The molecular weight excluding hydrogens is 262 g/mol. The zero-order valence-corrected chi connectivity index (χ0v) is 12.3. The molecule has 3 rings (SSSR count). The molecule has 0 amide bonds. The lowest BCUT2D eigenvalue weighted by molar-refractivity contribution is 0.558. The van der Waals surface area contributed by atoms with Crippen molar-refractivity contribution in [2.75, 3.05) is 0 Å². The molecule has 5 heteroatoms. The molecule has 0 saturated heterocycles. The van der Waals surface area contributed by atoms with Crippen LogP contribution >= 0.6 is 0 Å². The van der Waals surface area contributed by atoms with Crippen LogP contribution in [-0.2, 0) is 20.6 Å². The fraction of sp³-hybridized carbons (Fsp3) is 0.250. The number of rotatable bonds is 5. The monoisotopic (exact) mass is 281 g/mol. The van der Waals surface area contributed by atoms with Crippen LogP contribution in [0.1, 0.15) is 23.0 Å². The van der Waals surface area contributed by atoms with Gasteiger partial charge in [-0.25, -0.2) is 4.98 Å². The van der Waals surface area contributed by atoms with Crippen molar-refractivity contribution >= 4 is 0 Å². The summed E-state index contributed by atoms with van der Waals surface area (Å²) in [5, 5.41) is 7.78. The highest BCUT2D eigenvalue weighted by Crippen LogP contribution is 2.20. The van der Waals surface area contributed by atoms with Crippen LogP contribution in [-0.4, -0.2) is 19.3 Å². The SMILES string of the molecule is Cn1cc(CN[C@H](c2ccccc2)c2nccn2C)cn1. The van der Waals surface area contributed by atoms with Crippen LogP contribution in [0, 0.1) is 0 Å². The van der Waals surface area contributed by atoms with Gasteiger partial charge in [0.15, 0.2) is 0 Å². The normalized spacial score (nSPS) is 12.5. The van der Waals surface area contributed by atoms with Crippen molar-refractivity contribution in [3.63, 3.8) is 0 Å². The first kappa shape index (κ1) is 13.6. The maximum absolute atomic E-state index is 4.49. The molecular formula is C16H19N5. The molecule has 2 heterocycles. The summed E-state index contributed by atoms with van der Waals surface area (Å²) < 4.78 is 3.86. The summed E-state index contributed by atoms with van der Waals surface area (Å²) in [6.07, 6.45) is 7.70. The van der Waals surface area contributed by atoms with Crippen LogP contribution in [0.3, 0.4) is 0 Å². The Bertz CT molecular complexity index is 698. The van der Waals surface area contributed by atoms with Crippen molar-refractivity contribution in [2.24, 2.45) is 14.1 Å². The lowest BCUT2D eigenvalue weighted by Crippen LogP contribution is -2.24. The van der Waals surface area contributed by atoms with Crippen LogP contribution < -0.4 is 5.32 Å². The minimum absolute atomic E-state index is 0.0615. The van der Waals surface area contributed by atoms with Crippen molar-refractivity contribution in [1.82, 2.24) is 24.6 Å². The maximum atomic E-state index is 4.49. The largest absolute Gasteiger partial charge is 0.336 e. The molecule has 0 aliphatic heterocycles. The van der Waals surface area contributed by atoms with E-state index in [0.717, 1.165) is 17.9 Å². The fourth-order valence-electron chi connectivity index (χ4n) is 2.44. The van der Waals surface area contributed by atoms with E-state index in [0.29, 0.717) is 0 Å². The standard InChI is InChI=1S/C16H19N5/c1-20-9-8-17-16(20)15(14-6-4-3-5-7-14)18-10-13-11-19-21(2)12-13/h3-9,11-12,15,18H,10H2,1-2H3/t15-/m1/s1. The van der Waals surface area contributed by atoms with Crippen LogP contribution in [0.25, 0.3) is 0 Å². The van der Waals surface area contributed by atoms with Gasteiger partial charge in [0.05, 0.1) is 12.2 Å². The van der Waals surface area contributed by atoms with E-state index in [1.54, 1.807) is 0 Å². The molecule has 0 aliphatic carbocycles. The molecule has 108 valence electrons. The molecule has 0 radical (unpaired) electrons. The number of hydrogen-bond acceptors (Lipinski definition) is 3. The fourth-order valence-corrected chi connectivity index (χ4v) is 2.44. The van der Waals surface area contributed by atoms with Gasteiger partial charge in [-0.1, -0.05) is 30.3 Å². The van der Waals surface area contributed by atoms with Crippen molar-refractivity contribution in [3.8, 4) is 0 Å². The Morgan fingerprint density at radius 2 is 2.00 bits per heavy atom. The second-order valence-electron chi connectivity index (χ2n) is 5.14. The second-order valence-corrected chi connectivity index (χ2v) is 5.14. The van der Waals surface area contributed by atoms with Crippen molar-refractivity contribution in [2.45, 2.75) is 12.6 Å². The van der Waals surface area contributed by atoms with Gasteiger partial charge in [-0.15, -0.1) is 0 Å². The smallest absolute Gasteiger partial charge is 0.130 e. The van der Waals surface area contributed by atoms with Gasteiger partial charge in [0, 0.05) is 44.8 Å². The quantitative estimate of drug-likeness (QED) is 0.778. The van der Waals surface area contributed by atoms with Gasteiger partial charge in [-0.05, 0) is 5.56 Å². The second kappa shape index (κ2) is 5.93. The van der Waals surface area contributed by atoms with E-state index in [2.05, 4.69) is 39.7 Å². The first-order valence-corrected chi connectivity index (χ1v) is 6.97. The predicted molar refractivity (Wildman–Crippen MR) is 81.5 cm³/mol. The molecule has 0 spiro atoms. The number of aromatic nitrogens is 4. The van der Waals surface area contributed by atoms with Crippen LogP contribution in [0.15, 0.2) is 55.1 Å². The molecule has 3 aromatic rings. The maximum Gasteiger partial charge on any atom is 0.130 e. The van der Waals surface area contributed by atoms with E-state index in [9.17, 15) is 0 Å². The molecule has 1 atom stereocenters. The Labute approximate surface area is 124 Å². The zero-order valence-electron chi connectivity index (χ0n) is 12.3. The average molecular weight is 281 g/mol. The minimum atomic E-state index is 0.0615. The van der Waals surface area contributed by atoms with Gasteiger partial charge in [0.2, 0.25) is 0 Å². The summed E-state index contributed by atoms with van der Waals surface area (Å²) >= 11 is 0. The van der Waals surface area contributed by atoms with E-state index in [1.807, 2.05) is 54.2 Å². The molecule has 2 aromatic heterocycles. The summed E-state index contributed by atoms with van der Waals surface area (Å²) in [6, 6.07) is 10.4. The van der Waals surface area contributed by atoms with E-state index >= 15 is 0 Å². The Balaban J connectivity index is 1.84. The van der Waals surface area contributed by atoms with Crippen molar-refractivity contribution in [1.29, 1.82) is 0 Å². The molecule has 0 unspecified atom stereocenters. The van der Waals surface area contributed by atoms with Crippen molar-refractivity contribution < 1.29 is 0 Å². The van der Waals surface area contributed by atoms with Crippen LogP contribution in [0.4, 0.5) is 0 Å². The van der Waals surface area contributed by atoms with Crippen LogP contribution in [0.5, 0.6) is 0 Å². The van der Waals surface area contributed by atoms with Crippen LogP contribution in [0.2, 0.25) is 0 Å². The average Bonchev–Trinajstić information content (AvgIpc) is 3.10. The molecule has 1 N–H and O–H groups in total. The third-order valence-corrected chi connectivity index (χ3v) is 3.52. The molecule has 0 aliphatic rings. The van der Waals surface area contributed by atoms with Gasteiger partial charge in [-0.3, -0.25) is 10.00 Å². The summed E-state index contributed by atoms with van der Waals surface area (Å²) in [4.78, 5) is 4.49. The van der Waals surface area contributed by atoms with E-state index in [-0.39, 0.29) is 6.04 Å². The van der Waals surface area contributed by atoms with Gasteiger partial charge in [0.25, 0.3) is 0 Å². The van der Waals surface area contributed by atoms with Crippen molar-refractivity contribution in [3.05, 3.63) is 72.1 Å². The van der Waals surface area contributed by atoms with Gasteiger partial charge in [0.1, 0.15) is 5.82 Å². The number of hydrogen-bond donors (Lipinski definition) is 1. The van der Waals surface area contributed by atoms with Gasteiger partial charge >= 0.3 is 0 Å². The number of nitrogens with one attached hydrogen (secondary N) is 1. The highest BCUT2D eigenvalue weighted by molar-refractivity contribution is 5.25. The van der Waals surface area contributed by atoms with Gasteiger partial charge < -0.3 is 4.57 Å². The number of aryl methyl sites for hydroxylation is 2. The predicted octanol–water partition coefficient (Wildman–Crippen LogP) is 2.03. The Kier molecular flexibility index (Phi) is 3.83. The minimum Gasteiger partial charge on any atom is -0.336 e.